The maximum atomic E-state index is 13.6. The first-order valence-electron chi connectivity index (χ1n) is 6.11. The Labute approximate surface area is 119 Å². The van der Waals surface area contributed by atoms with Crippen molar-refractivity contribution in [3.05, 3.63) is 33.8 Å². The number of carbonyl (C=O) groups excluding carboxylic acids is 1. The van der Waals surface area contributed by atoms with Gasteiger partial charge in [-0.2, -0.15) is 0 Å². The van der Waals surface area contributed by atoms with Gasteiger partial charge in [0.25, 0.3) is 5.91 Å². The number of benzene rings is 1. The highest BCUT2D eigenvalue weighted by Crippen LogP contribution is 2.20. The van der Waals surface area contributed by atoms with Crippen molar-refractivity contribution in [2.24, 2.45) is 0 Å². The molecule has 1 aliphatic rings. The van der Waals surface area contributed by atoms with Crippen LogP contribution in [-0.2, 0) is 0 Å². The van der Waals surface area contributed by atoms with E-state index in [1.807, 2.05) is 7.05 Å². The minimum absolute atomic E-state index is 0.0187. The topological polar surface area (TPSA) is 32.3 Å². The minimum Gasteiger partial charge on any atom is -0.349 e. The van der Waals surface area contributed by atoms with E-state index in [4.69, 9.17) is 0 Å². The Balaban J connectivity index is 2.08. The van der Waals surface area contributed by atoms with E-state index in [0.717, 1.165) is 32.0 Å². The van der Waals surface area contributed by atoms with E-state index in [-0.39, 0.29) is 11.6 Å². The smallest absolute Gasteiger partial charge is 0.254 e. The fraction of sp³-hybridized carbons (Fsp3) is 0.462. The van der Waals surface area contributed by atoms with Gasteiger partial charge in [0, 0.05) is 10.5 Å². The second-order valence-corrected chi connectivity index (χ2v) is 5.72. The quantitative estimate of drug-likeness (QED) is 0.844. The molecule has 0 unspecified atom stereocenters. The normalized spacial score (nSPS) is 17.5. The van der Waals surface area contributed by atoms with Gasteiger partial charge in [-0.1, -0.05) is 15.9 Å². The van der Waals surface area contributed by atoms with E-state index in [0.29, 0.717) is 4.47 Å². The van der Waals surface area contributed by atoms with Crippen LogP contribution in [0.5, 0.6) is 0 Å². The minimum atomic E-state index is -1.10. The zero-order chi connectivity index (χ0) is 14.0. The van der Waals surface area contributed by atoms with Crippen molar-refractivity contribution in [3.63, 3.8) is 0 Å². The number of nitrogens with one attached hydrogen (secondary N) is 1. The van der Waals surface area contributed by atoms with E-state index in [1.54, 1.807) is 0 Å². The zero-order valence-electron chi connectivity index (χ0n) is 10.5. The molecule has 19 heavy (non-hydrogen) atoms. The second kappa shape index (κ2) is 5.96. The molecule has 3 nitrogen and oxygen atoms in total. The van der Waals surface area contributed by atoms with Gasteiger partial charge in [-0.3, -0.25) is 4.79 Å². The van der Waals surface area contributed by atoms with Crippen molar-refractivity contribution in [2.45, 2.75) is 18.9 Å². The Kier molecular flexibility index (Phi) is 4.52. The van der Waals surface area contributed by atoms with Crippen LogP contribution >= 0.6 is 15.9 Å². The number of hydrogen-bond donors (Lipinski definition) is 1. The molecule has 0 radical (unpaired) electrons. The molecule has 1 fully saturated rings. The summed E-state index contributed by atoms with van der Waals surface area (Å²) in [5, 5.41) is 2.76. The Morgan fingerprint density at radius 2 is 2.00 bits per heavy atom. The molecule has 1 heterocycles. The van der Waals surface area contributed by atoms with Crippen LogP contribution in [0.3, 0.4) is 0 Å². The van der Waals surface area contributed by atoms with Crippen LogP contribution in [0.4, 0.5) is 8.78 Å². The lowest BCUT2D eigenvalue weighted by Gasteiger charge is -2.29. The van der Waals surface area contributed by atoms with Crippen molar-refractivity contribution in [3.8, 4) is 0 Å². The third kappa shape index (κ3) is 3.51. The average Bonchev–Trinajstić information content (AvgIpc) is 2.36. The first kappa shape index (κ1) is 14.4. The summed E-state index contributed by atoms with van der Waals surface area (Å²) < 4.78 is 27.2. The molecule has 1 saturated heterocycles. The zero-order valence-corrected chi connectivity index (χ0v) is 12.1. The number of likely N-dealkylation sites (tertiary alicyclic amines) is 1. The van der Waals surface area contributed by atoms with E-state index in [1.165, 1.54) is 6.07 Å². The van der Waals surface area contributed by atoms with Crippen molar-refractivity contribution >= 4 is 21.8 Å². The maximum Gasteiger partial charge on any atom is 0.254 e. The summed E-state index contributed by atoms with van der Waals surface area (Å²) in [4.78, 5) is 14.1. The van der Waals surface area contributed by atoms with Gasteiger partial charge in [0.2, 0.25) is 0 Å². The van der Waals surface area contributed by atoms with Crippen LogP contribution < -0.4 is 5.32 Å². The van der Waals surface area contributed by atoms with Crippen molar-refractivity contribution in [1.29, 1.82) is 0 Å². The monoisotopic (exact) mass is 332 g/mol. The molecule has 0 spiro atoms. The van der Waals surface area contributed by atoms with Crippen LogP contribution in [-0.4, -0.2) is 37.0 Å². The van der Waals surface area contributed by atoms with Crippen LogP contribution in [0.25, 0.3) is 0 Å². The second-order valence-electron chi connectivity index (χ2n) is 4.80. The standard InChI is InChI=1S/C13H15BrF2N2O/c1-18-4-2-9(3-5-18)17-13(19)10-6-8(14)7-11(15)12(10)16/h6-7,9H,2-5H2,1H3,(H,17,19). The van der Waals surface area contributed by atoms with E-state index in [9.17, 15) is 13.6 Å². The van der Waals surface area contributed by atoms with Gasteiger partial charge in [0.15, 0.2) is 11.6 Å². The summed E-state index contributed by atoms with van der Waals surface area (Å²) >= 11 is 3.06. The molecule has 0 atom stereocenters. The summed E-state index contributed by atoms with van der Waals surface area (Å²) in [5.74, 6) is -2.69. The molecule has 0 aliphatic carbocycles. The van der Waals surface area contributed by atoms with E-state index >= 15 is 0 Å². The van der Waals surface area contributed by atoms with Crippen molar-refractivity contribution in [2.75, 3.05) is 20.1 Å². The fourth-order valence-electron chi connectivity index (χ4n) is 2.14. The Morgan fingerprint density at radius 3 is 2.63 bits per heavy atom. The number of rotatable bonds is 2. The summed E-state index contributed by atoms with van der Waals surface area (Å²) in [6, 6.07) is 2.31. The fourth-order valence-corrected chi connectivity index (χ4v) is 2.57. The first-order chi connectivity index (χ1) is 8.97. The molecular weight excluding hydrogens is 318 g/mol. The first-order valence-corrected chi connectivity index (χ1v) is 6.90. The van der Waals surface area contributed by atoms with Crippen LogP contribution in [0.1, 0.15) is 23.2 Å². The van der Waals surface area contributed by atoms with Gasteiger partial charge in [-0.15, -0.1) is 0 Å². The van der Waals surface area contributed by atoms with Gasteiger partial charge < -0.3 is 10.2 Å². The third-order valence-electron chi connectivity index (χ3n) is 3.29. The molecule has 0 aromatic heterocycles. The van der Waals surface area contributed by atoms with Gasteiger partial charge in [0.1, 0.15) is 0 Å². The van der Waals surface area contributed by atoms with Gasteiger partial charge in [-0.05, 0) is 45.1 Å². The Morgan fingerprint density at radius 1 is 1.37 bits per heavy atom. The van der Waals surface area contributed by atoms with Gasteiger partial charge in [-0.25, -0.2) is 8.78 Å². The molecule has 1 aromatic rings. The predicted octanol–water partition coefficient (Wildman–Crippen LogP) is 2.55. The highest BCUT2D eigenvalue weighted by atomic mass is 79.9. The molecule has 2 rings (SSSR count). The lowest BCUT2D eigenvalue weighted by atomic mass is 10.0. The lowest BCUT2D eigenvalue weighted by Crippen LogP contribution is -2.43. The largest absolute Gasteiger partial charge is 0.349 e. The Bertz CT molecular complexity index is 488. The molecule has 1 N–H and O–H groups in total. The van der Waals surface area contributed by atoms with Crippen LogP contribution in [0.15, 0.2) is 16.6 Å². The van der Waals surface area contributed by atoms with Crippen molar-refractivity contribution < 1.29 is 13.6 Å². The maximum absolute atomic E-state index is 13.6. The van der Waals surface area contributed by atoms with Gasteiger partial charge in [0.05, 0.1) is 5.56 Å². The molecular formula is C13H15BrF2N2O. The number of piperidine rings is 1. The molecule has 1 amide bonds. The lowest BCUT2D eigenvalue weighted by molar-refractivity contribution is 0.0911. The number of halogens is 3. The van der Waals surface area contributed by atoms with E-state index in [2.05, 4.69) is 26.1 Å². The average molecular weight is 333 g/mol. The van der Waals surface area contributed by atoms with Crippen LogP contribution in [0, 0.1) is 11.6 Å². The predicted molar refractivity (Wildman–Crippen MR) is 72.0 cm³/mol. The highest BCUT2D eigenvalue weighted by Gasteiger charge is 2.22. The number of hydrogen-bond acceptors (Lipinski definition) is 2. The van der Waals surface area contributed by atoms with E-state index < -0.39 is 17.5 Å². The Hall–Kier alpha value is -1.01. The molecule has 0 bridgehead atoms. The summed E-state index contributed by atoms with van der Waals surface area (Å²) in [6.07, 6.45) is 1.64. The summed E-state index contributed by atoms with van der Waals surface area (Å²) in [6.45, 7) is 1.78. The molecule has 0 saturated carbocycles. The summed E-state index contributed by atoms with van der Waals surface area (Å²) in [5.41, 5.74) is -0.259. The number of nitrogens with zero attached hydrogens (tertiary/aromatic N) is 1. The molecule has 104 valence electrons. The molecule has 6 heteroatoms. The highest BCUT2D eigenvalue weighted by molar-refractivity contribution is 9.10. The number of carbonyl (C=O) groups is 1. The molecule has 1 aromatic carbocycles. The van der Waals surface area contributed by atoms with Crippen LogP contribution in [0.2, 0.25) is 0 Å². The molecule has 1 aliphatic heterocycles. The SMILES string of the molecule is CN1CCC(NC(=O)c2cc(Br)cc(F)c2F)CC1. The third-order valence-corrected chi connectivity index (χ3v) is 3.75. The number of amides is 1. The van der Waals surface area contributed by atoms with Crippen molar-refractivity contribution in [1.82, 2.24) is 10.2 Å². The summed E-state index contributed by atoms with van der Waals surface area (Å²) in [7, 11) is 2.02. The van der Waals surface area contributed by atoms with Gasteiger partial charge >= 0.3 is 0 Å².